The summed E-state index contributed by atoms with van der Waals surface area (Å²) in [7, 11) is 0. The molecule has 1 aromatic carbocycles. The molecule has 1 fully saturated rings. The van der Waals surface area contributed by atoms with Gasteiger partial charge in [-0.2, -0.15) is 5.10 Å². The largest absolute Gasteiger partial charge is 0.368 e. The molecule has 1 aliphatic heterocycles. The van der Waals surface area contributed by atoms with Crippen molar-refractivity contribution in [2.75, 3.05) is 36.5 Å². The maximum atomic E-state index is 14.4. The third-order valence-corrected chi connectivity index (χ3v) is 5.94. The molecular weight excluding hydrogens is 428 g/mol. The standard InChI is InChI=1S/C23H25F2N7O/c1-3-32-13-18-20(30-7-6-26-16(9-24)12-30)5-4-17(21(18)29-32)23(33)28-15-8-19(25)22-27-14(2)10-31(22)11-15/h4-5,8,10-11,13,16,26H,3,6-7,9,12H2,1-2H3,(H,28,33). The molecular formula is C23H25F2N7O. The minimum Gasteiger partial charge on any atom is -0.368 e. The first-order valence-electron chi connectivity index (χ1n) is 11.0. The number of halogens is 2. The van der Waals surface area contributed by atoms with E-state index < -0.39 is 12.5 Å². The summed E-state index contributed by atoms with van der Waals surface area (Å²) >= 11 is 0. The van der Waals surface area contributed by atoms with E-state index >= 15 is 0 Å². The van der Waals surface area contributed by atoms with Gasteiger partial charge in [0.1, 0.15) is 12.2 Å². The molecule has 2 N–H and O–H groups in total. The monoisotopic (exact) mass is 453 g/mol. The summed E-state index contributed by atoms with van der Waals surface area (Å²) < 4.78 is 31.0. The summed E-state index contributed by atoms with van der Waals surface area (Å²) in [6.07, 6.45) is 5.24. The van der Waals surface area contributed by atoms with Gasteiger partial charge in [0, 0.05) is 61.9 Å². The van der Waals surface area contributed by atoms with Crippen molar-refractivity contribution in [1.29, 1.82) is 0 Å². The fourth-order valence-corrected chi connectivity index (χ4v) is 4.35. The first-order chi connectivity index (χ1) is 16.0. The van der Waals surface area contributed by atoms with Crippen molar-refractivity contribution in [3.05, 3.63) is 53.9 Å². The molecule has 1 unspecified atom stereocenters. The van der Waals surface area contributed by atoms with Crippen molar-refractivity contribution in [2.45, 2.75) is 26.4 Å². The van der Waals surface area contributed by atoms with E-state index in [-0.39, 0.29) is 17.6 Å². The highest BCUT2D eigenvalue weighted by Crippen LogP contribution is 2.30. The first-order valence-corrected chi connectivity index (χ1v) is 11.0. The van der Waals surface area contributed by atoms with Gasteiger partial charge in [-0.3, -0.25) is 9.48 Å². The van der Waals surface area contributed by atoms with Crippen LogP contribution in [0.3, 0.4) is 0 Å². The van der Waals surface area contributed by atoms with Crippen LogP contribution in [-0.4, -0.2) is 57.4 Å². The van der Waals surface area contributed by atoms with Crippen LogP contribution >= 0.6 is 0 Å². The number of fused-ring (bicyclic) bond motifs is 2. The Morgan fingerprint density at radius 1 is 1.30 bits per heavy atom. The number of anilines is 2. The Labute approximate surface area is 189 Å². The Bertz CT molecular complexity index is 1350. The van der Waals surface area contributed by atoms with Crippen molar-refractivity contribution >= 4 is 33.8 Å². The van der Waals surface area contributed by atoms with E-state index in [9.17, 15) is 13.6 Å². The van der Waals surface area contributed by atoms with Crippen molar-refractivity contribution < 1.29 is 13.6 Å². The van der Waals surface area contributed by atoms with Gasteiger partial charge in [0.2, 0.25) is 0 Å². The molecule has 4 heterocycles. The first kappa shape index (κ1) is 21.3. The van der Waals surface area contributed by atoms with Crippen LogP contribution in [0, 0.1) is 12.7 Å². The van der Waals surface area contributed by atoms with Crippen LogP contribution in [0.5, 0.6) is 0 Å². The lowest BCUT2D eigenvalue weighted by molar-refractivity contribution is 0.102. The second-order valence-electron chi connectivity index (χ2n) is 8.27. The van der Waals surface area contributed by atoms with Gasteiger partial charge in [-0.15, -0.1) is 0 Å². The smallest absolute Gasteiger partial charge is 0.257 e. The fraction of sp³-hybridized carbons (Fsp3) is 0.348. The molecule has 3 aromatic heterocycles. The molecule has 0 aliphatic carbocycles. The third-order valence-electron chi connectivity index (χ3n) is 5.94. The molecule has 0 radical (unpaired) electrons. The Hall–Kier alpha value is -3.53. The van der Waals surface area contributed by atoms with Crippen molar-refractivity contribution in [3.8, 4) is 0 Å². The molecule has 0 saturated carbocycles. The van der Waals surface area contributed by atoms with Gasteiger partial charge < -0.3 is 19.9 Å². The highest BCUT2D eigenvalue weighted by molar-refractivity contribution is 6.13. The van der Waals surface area contributed by atoms with Gasteiger partial charge in [0.05, 0.1) is 23.0 Å². The summed E-state index contributed by atoms with van der Waals surface area (Å²) in [4.78, 5) is 19.4. The van der Waals surface area contributed by atoms with E-state index in [2.05, 4.69) is 25.6 Å². The number of nitrogens with zero attached hydrogens (tertiary/aromatic N) is 5. The number of rotatable bonds is 5. The number of imidazole rings is 1. The summed E-state index contributed by atoms with van der Waals surface area (Å²) in [5, 5.41) is 11.4. The number of pyridine rings is 1. The molecule has 1 aliphatic rings. The Morgan fingerprint density at radius 3 is 2.94 bits per heavy atom. The predicted molar refractivity (Wildman–Crippen MR) is 123 cm³/mol. The fourth-order valence-electron chi connectivity index (χ4n) is 4.35. The summed E-state index contributed by atoms with van der Waals surface area (Å²) in [5.41, 5.74) is 3.08. The zero-order chi connectivity index (χ0) is 23.1. The van der Waals surface area contributed by atoms with Gasteiger partial charge in [-0.1, -0.05) is 0 Å². The molecule has 5 rings (SSSR count). The van der Waals surface area contributed by atoms with Gasteiger partial charge in [0.25, 0.3) is 5.91 Å². The van der Waals surface area contributed by atoms with Crippen LogP contribution in [0.15, 0.2) is 36.8 Å². The number of benzene rings is 1. The second-order valence-corrected chi connectivity index (χ2v) is 8.27. The molecule has 172 valence electrons. The number of nitrogens with one attached hydrogen (secondary N) is 2. The molecule has 0 spiro atoms. The van der Waals surface area contributed by atoms with Crippen molar-refractivity contribution in [2.24, 2.45) is 0 Å². The molecule has 1 atom stereocenters. The number of amides is 1. The predicted octanol–water partition coefficient (Wildman–Crippen LogP) is 3.15. The summed E-state index contributed by atoms with van der Waals surface area (Å²) in [6.45, 7) is 5.91. The number of carbonyl (C=O) groups is 1. The molecule has 4 aromatic rings. The number of aromatic nitrogens is 4. The lowest BCUT2D eigenvalue weighted by Crippen LogP contribution is -2.51. The molecule has 0 bridgehead atoms. The second kappa shape index (κ2) is 8.43. The average Bonchev–Trinajstić information content (AvgIpc) is 3.41. The molecule has 1 amide bonds. The highest BCUT2D eigenvalue weighted by Gasteiger charge is 2.24. The molecule has 8 nitrogen and oxygen atoms in total. The lowest BCUT2D eigenvalue weighted by atomic mass is 10.1. The third kappa shape index (κ3) is 3.91. The number of hydrogen-bond acceptors (Lipinski definition) is 5. The molecule has 1 saturated heterocycles. The van der Waals surface area contributed by atoms with Crippen LogP contribution in [0.1, 0.15) is 23.0 Å². The average molecular weight is 453 g/mol. The Kier molecular flexibility index (Phi) is 5.45. The number of alkyl halides is 1. The lowest BCUT2D eigenvalue weighted by Gasteiger charge is -2.34. The van der Waals surface area contributed by atoms with Crippen LogP contribution in [-0.2, 0) is 6.54 Å². The van der Waals surface area contributed by atoms with E-state index in [0.717, 1.165) is 17.6 Å². The Morgan fingerprint density at radius 2 is 2.15 bits per heavy atom. The zero-order valence-corrected chi connectivity index (χ0v) is 18.5. The maximum Gasteiger partial charge on any atom is 0.257 e. The van der Waals surface area contributed by atoms with Crippen LogP contribution in [0.4, 0.5) is 20.2 Å². The molecule has 33 heavy (non-hydrogen) atoms. The number of carbonyl (C=O) groups excluding carboxylic acids is 1. The minimum atomic E-state index is -0.516. The van der Waals surface area contributed by atoms with Crippen molar-refractivity contribution in [1.82, 2.24) is 24.5 Å². The van der Waals surface area contributed by atoms with Gasteiger partial charge >= 0.3 is 0 Å². The summed E-state index contributed by atoms with van der Waals surface area (Å²) in [5.74, 6) is -0.900. The van der Waals surface area contributed by atoms with Gasteiger partial charge in [-0.05, 0) is 26.0 Å². The minimum absolute atomic E-state index is 0.210. The van der Waals surface area contributed by atoms with E-state index in [1.165, 1.54) is 6.07 Å². The maximum absolute atomic E-state index is 14.4. The van der Waals surface area contributed by atoms with Crippen LogP contribution in [0.2, 0.25) is 0 Å². The van der Waals surface area contributed by atoms with Gasteiger partial charge in [0.15, 0.2) is 11.5 Å². The van der Waals surface area contributed by atoms with E-state index in [4.69, 9.17) is 0 Å². The van der Waals surface area contributed by atoms with Crippen LogP contribution < -0.4 is 15.5 Å². The van der Waals surface area contributed by atoms with Gasteiger partial charge in [-0.25, -0.2) is 13.8 Å². The number of hydrogen-bond donors (Lipinski definition) is 2. The Balaban J connectivity index is 1.50. The summed E-state index contributed by atoms with van der Waals surface area (Å²) in [6, 6.07) is 4.63. The van der Waals surface area contributed by atoms with E-state index in [1.807, 2.05) is 19.2 Å². The topological polar surface area (TPSA) is 79.5 Å². The molecule has 10 heteroatoms. The SMILES string of the molecule is CCn1cc2c(N3CCNC(CF)C3)ccc(C(=O)Nc3cc(F)c4nc(C)cn4c3)c2n1. The normalized spacial score (nSPS) is 16.6. The number of piperazine rings is 1. The van der Waals surface area contributed by atoms with E-state index in [1.54, 1.807) is 34.5 Å². The van der Waals surface area contributed by atoms with Crippen LogP contribution in [0.25, 0.3) is 16.6 Å². The van der Waals surface area contributed by atoms with Crippen molar-refractivity contribution in [3.63, 3.8) is 0 Å². The zero-order valence-electron chi connectivity index (χ0n) is 18.5. The highest BCUT2D eigenvalue weighted by atomic mass is 19.1. The number of aryl methyl sites for hydroxylation is 2. The van der Waals surface area contributed by atoms with E-state index in [0.29, 0.717) is 42.1 Å². The quantitative estimate of drug-likeness (QED) is 0.485.